The van der Waals surface area contributed by atoms with Gasteiger partial charge >= 0.3 is 12.2 Å². The minimum absolute atomic E-state index is 0.167. The second kappa shape index (κ2) is 6.32. The summed E-state index contributed by atoms with van der Waals surface area (Å²) in [6.07, 6.45) is -8.01. The summed E-state index contributed by atoms with van der Waals surface area (Å²) in [7, 11) is 1.18. The molecule has 124 valence electrons. The first-order valence-corrected chi connectivity index (χ1v) is 5.90. The van der Waals surface area contributed by atoms with Crippen molar-refractivity contribution in [2.45, 2.75) is 32.5 Å². The number of likely N-dealkylation sites (N-methyl/N-ethyl adjacent to an activating group) is 1. The maximum atomic E-state index is 12.3. The van der Waals surface area contributed by atoms with Crippen LogP contribution < -0.4 is 4.90 Å². The molecule has 22 heavy (non-hydrogen) atoms. The molecule has 1 fully saturated rings. The molecule has 0 spiro atoms. The van der Waals surface area contributed by atoms with E-state index in [0.717, 1.165) is 4.90 Å². The van der Waals surface area contributed by atoms with E-state index in [-0.39, 0.29) is 5.78 Å². The number of alkyl halides is 3. The van der Waals surface area contributed by atoms with Crippen LogP contribution in [0.25, 0.3) is 0 Å². The highest BCUT2D eigenvalue weighted by atomic mass is 19.4. The lowest BCUT2D eigenvalue weighted by Crippen LogP contribution is -2.36. The number of aliphatic hydroxyl groups is 2. The molecule has 2 rings (SSSR count). The number of aromatic nitrogens is 1. The van der Waals surface area contributed by atoms with Crippen LogP contribution >= 0.6 is 0 Å². The highest BCUT2D eigenvalue weighted by molar-refractivity contribution is 5.93. The molecule has 0 saturated carbocycles. The number of carbonyl (C=O) groups excluding carboxylic acids is 2. The van der Waals surface area contributed by atoms with E-state index >= 15 is 0 Å². The molecule has 1 saturated heterocycles. The third-order valence-electron chi connectivity index (χ3n) is 2.46. The van der Waals surface area contributed by atoms with Gasteiger partial charge in [-0.05, 0) is 13.8 Å². The zero-order valence-corrected chi connectivity index (χ0v) is 11.8. The molecule has 0 bridgehead atoms. The van der Waals surface area contributed by atoms with Gasteiger partial charge in [-0.3, -0.25) is 4.90 Å². The van der Waals surface area contributed by atoms with Crippen molar-refractivity contribution < 1.29 is 37.5 Å². The van der Waals surface area contributed by atoms with Crippen molar-refractivity contribution >= 4 is 17.6 Å². The number of hydrogen-bond donors (Lipinski definition) is 2. The Morgan fingerprint density at radius 3 is 2.14 bits per heavy atom. The van der Waals surface area contributed by atoms with Gasteiger partial charge in [0.15, 0.2) is 18.3 Å². The van der Waals surface area contributed by atoms with Gasteiger partial charge < -0.3 is 19.5 Å². The highest BCUT2D eigenvalue weighted by Gasteiger charge is 2.45. The van der Waals surface area contributed by atoms with Crippen molar-refractivity contribution in [3.8, 4) is 0 Å². The Balaban J connectivity index is 0.000000541. The van der Waals surface area contributed by atoms with E-state index in [0.29, 0.717) is 11.0 Å². The molecule has 1 aromatic heterocycles. The second-order valence-electron chi connectivity index (χ2n) is 4.55. The van der Waals surface area contributed by atoms with Gasteiger partial charge in [0.25, 0.3) is 0 Å². The van der Waals surface area contributed by atoms with Gasteiger partial charge in [0.05, 0.1) is 0 Å². The first-order valence-electron chi connectivity index (χ1n) is 5.90. The summed E-state index contributed by atoms with van der Waals surface area (Å²) in [5, 5.41) is 21.9. The van der Waals surface area contributed by atoms with Crippen LogP contribution in [0.15, 0.2) is 10.6 Å². The summed E-state index contributed by atoms with van der Waals surface area (Å²) in [5.74, 6) is -1.76. The minimum Gasteiger partial charge on any atom is -0.369 e. The lowest BCUT2D eigenvalue weighted by Gasteiger charge is -2.15. The van der Waals surface area contributed by atoms with E-state index in [1.807, 2.05) is 0 Å². The van der Waals surface area contributed by atoms with Gasteiger partial charge in [0.1, 0.15) is 5.78 Å². The lowest BCUT2D eigenvalue weighted by atomic mass is 10.4. The van der Waals surface area contributed by atoms with Crippen molar-refractivity contribution in [1.82, 2.24) is 10.1 Å². The Bertz CT molecular complexity index is 555. The molecular weight excluding hydrogens is 311 g/mol. The normalized spacial score (nSPS) is 21.7. The second-order valence-corrected chi connectivity index (χ2v) is 4.55. The van der Waals surface area contributed by atoms with Gasteiger partial charge in [-0.15, -0.1) is 0 Å². The predicted molar refractivity (Wildman–Crippen MR) is 65.5 cm³/mol. The molecule has 2 amide bonds. The van der Waals surface area contributed by atoms with Crippen LogP contribution in [0, 0.1) is 0 Å². The largest absolute Gasteiger partial charge is 0.452 e. The standard InChI is InChI=1S/C8H8F3N3O4.C3H6O/c1-13-5(15)6(16)14(7(13)17)4-2-3(18-12-4)8(9,10)11;1-3(2)4/h2,5-6,15-16H,1H3;1-2H3. The van der Waals surface area contributed by atoms with E-state index in [1.165, 1.54) is 20.9 Å². The van der Waals surface area contributed by atoms with E-state index in [9.17, 15) is 33.0 Å². The number of urea groups is 1. The lowest BCUT2D eigenvalue weighted by molar-refractivity contribution is -0.155. The van der Waals surface area contributed by atoms with E-state index in [4.69, 9.17) is 0 Å². The van der Waals surface area contributed by atoms with E-state index < -0.39 is 36.2 Å². The van der Waals surface area contributed by atoms with E-state index in [2.05, 4.69) is 9.68 Å². The summed E-state index contributed by atoms with van der Waals surface area (Å²) in [6, 6.07) is -0.426. The third-order valence-corrected chi connectivity index (χ3v) is 2.46. The molecule has 1 aromatic rings. The average Bonchev–Trinajstić information content (AvgIpc) is 2.91. The summed E-state index contributed by atoms with van der Waals surface area (Å²) < 4.78 is 40.9. The van der Waals surface area contributed by atoms with Crippen molar-refractivity contribution in [3.05, 3.63) is 11.8 Å². The van der Waals surface area contributed by atoms with Gasteiger partial charge in [0.2, 0.25) is 5.76 Å². The number of rotatable bonds is 1. The maximum Gasteiger partial charge on any atom is 0.452 e. The zero-order valence-electron chi connectivity index (χ0n) is 11.8. The molecule has 2 unspecified atom stereocenters. The number of anilines is 1. The molecule has 1 aliphatic heterocycles. The molecule has 1 aliphatic rings. The third kappa shape index (κ3) is 3.74. The zero-order chi connectivity index (χ0) is 17.2. The molecule has 8 nitrogen and oxygen atoms in total. The van der Waals surface area contributed by atoms with E-state index in [1.54, 1.807) is 0 Å². The predicted octanol–water partition coefficient (Wildman–Crippen LogP) is 0.797. The maximum absolute atomic E-state index is 12.3. The van der Waals surface area contributed by atoms with Gasteiger partial charge in [-0.2, -0.15) is 13.2 Å². The van der Waals surface area contributed by atoms with Crippen LogP contribution in [0.4, 0.5) is 23.8 Å². The van der Waals surface area contributed by atoms with Crippen LogP contribution in [0.1, 0.15) is 19.6 Å². The Labute approximate surface area is 122 Å². The van der Waals surface area contributed by atoms with Gasteiger partial charge in [-0.25, -0.2) is 9.69 Å². The van der Waals surface area contributed by atoms with Crippen LogP contribution in [-0.2, 0) is 11.0 Å². The number of amides is 2. The molecule has 11 heteroatoms. The molecule has 0 radical (unpaired) electrons. The quantitative estimate of drug-likeness (QED) is 0.791. The van der Waals surface area contributed by atoms with Crippen molar-refractivity contribution in [2.24, 2.45) is 0 Å². The molecule has 0 aromatic carbocycles. The van der Waals surface area contributed by atoms with Crippen LogP contribution in [-0.4, -0.2) is 51.6 Å². The van der Waals surface area contributed by atoms with Crippen LogP contribution in [0.5, 0.6) is 0 Å². The first kappa shape index (κ1) is 17.9. The fourth-order valence-electron chi connectivity index (χ4n) is 1.48. The molecule has 2 heterocycles. The highest BCUT2D eigenvalue weighted by Crippen LogP contribution is 2.33. The number of halogens is 3. The minimum atomic E-state index is -4.75. The molecular formula is C11H14F3N3O5. The monoisotopic (exact) mass is 325 g/mol. The summed E-state index contributed by atoms with van der Waals surface area (Å²) in [4.78, 5) is 22.3. The molecule has 2 atom stereocenters. The first-order chi connectivity index (χ1) is 9.96. The Morgan fingerprint density at radius 1 is 1.32 bits per heavy atom. The van der Waals surface area contributed by atoms with Gasteiger partial charge in [-0.1, -0.05) is 5.16 Å². The smallest absolute Gasteiger partial charge is 0.369 e. The number of ketones is 1. The number of aliphatic hydroxyl groups excluding tert-OH is 2. The number of nitrogens with zero attached hydrogens (tertiary/aromatic N) is 3. The number of Topliss-reactive ketones (excluding diaryl/α,β-unsaturated/α-hetero) is 1. The summed E-state index contributed by atoms with van der Waals surface area (Å²) in [6.45, 7) is 3.06. The Kier molecular flexibility index (Phi) is 5.14. The number of carbonyl (C=O) groups is 2. The van der Waals surface area contributed by atoms with Crippen molar-refractivity contribution in [2.75, 3.05) is 11.9 Å². The Morgan fingerprint density at radius 2 is 1.82 bits per heavy atom. The van der Waals surface area contributed by atoms with Gasteiger partial charge in [0, 0.05) is 13.1 Å². The van der Waals surface area contributed by atoms with Crippen LogP contribution in [0.2, 0.25) is 0 Å². The number of hydrogen-bond acceptors (Lipinski definition) is 6. The van der Waals surface area contributed by atoms with Crippen molar-refractivity contribution in [3.63, 3.8) is 0 Å². The average molecular weight is 325 g/mol. The molecule has 0 aliphatic carbocycles. The summed E-state index contributed by atoms with van der Waals surface area (Å²) in [5.41, 5.74) is 0. The SMILES string of the molecule is CC(C)=O.CN1C(=O)N(c2cc(C(F)(F)F)on2)C(O)C1O. The fraction of sp³-hybridized carbons (Fsp3) is 0.545. The Hall–Kier alpha value is -2.14. The van der Waals surface area contributed by atoms with Crippen LogP contribution in [0.3, 0.4) is 0 Å². The van der Waals surface area contributed by atoms with Crippen molar-refractivity contribution in [1.29, 1.82) is 0 Å². The summed E-state index contributed by atoms with van der Waals surface area (Å²) >= 11 is 0. The topological polar surface area (TPSA) is 107 Å². The fourth-order valence-corrected chi connectivity index (χ4v) is 1.48. The molecule has 2 N–H and O–H groups in total.